The first kappa shape index (κ1) is 18.3. The van der Waals surface area contributed by atoms with E-state index in [1.165, 1.54) is 0 Å². The Morgan fingerprint density at radius 1 is 0.917 bits per heavy atom. The van der Waals surface area contributed by atoms with Crippen LogP contribution >= 0.6 is 11.8 Å². The highest BCUT2D eigenvalue weighted by Gasteiger charge is 2.26. The molecule has 0 fully saturated rings. The smallest absolute Gasteiger partial charge is 0.234 e. The first-order valence-electron chi connectivity index (χ1n) is 6.73. The first-order valence-corrected chi connectivity index (χ1v) is 7.72. The minimum atomic E-state index is -2.23. The molecule has 0 radical (unpaired) electrons. The van der Waals surface area contributed by atoms with E-state index in [-0.39, 0.29) is 11.8 Å². The summed E-state index contributed by atoms with van der Waals surface area (Å²) in [6, 6.07) is 5.13. The van der Waals surface area contributed by atoms with E-state index in [2.05, 4.69) is 5.32 Å². The summed E-state index contributed by atoms with van der Waals surface area (Å²) < 4.78 is 66.1. The second-order valence-electron chi connectivity index (χ2n) is 5.03. The molecule has 0 saturated carbocycles. The lowest BCUT2D eigenvalue weighted by Crippen LogP contribution is -2.15. The van der Waals surface area contributed by atoms with Crippen molar-refractivity contribution in [1.82, 2.24) is 0 Å². The average Bonchev–Trinajstić information content (AvgIpc) is 2.54. The summed E-state index contributed by atoms with van der Waals surface area (Å²) in [4.78, 5) is 10.7. The van der Waals surface area contributed by atoms with Gasteiger partial charge in [0, 0.05) is 5.69 Å². The predicted molar refractivity (Wildman–Crippen MR) is 81.5 cm³/mol. The van der Waals surface area contributed by atoms with E-state index in [9.17, 15) is 26.7 Å². The molecule has 128 valence electrons. The minimum Gasteiger partial charge on any atom is -0.325 e. The molecular formula is C16H12F5NOS. The molecule has 0 saturated heterocycles. The number of thioether (sulfide) groups is 1. The zero-order valence-electron chi connectivity index (χ0n) is 12.6. The molecule has 2 aromatic carbocycles. The molecule has 0 atom stereocenters. The van der Waals surface area contributed by atoms with E-state index < -0.39 is 45.6 Å². The van der Waals surface area contributed by atoms with Crippen molar-refractivity contribution in [3.8, 4) is 0 Å². The lowest BCUT2D eigenvalue weighted by atomic mass is 10.1. The van der Waals surface area contributed by atoms with Crippen LogP contribution in [0, 0.1) is 42.9 Å². The van der Waals surface area contributed by atoms with Crippen LogP contribution in [-0.2, 0) is 4.79 Å². The van der Waals surface area contributed by atoms with Crippen molar-refractivity contribution in [2.75, 3.05) is 11.1 Å². The van der Waals surface area contributed by atoms with Crippen LogP contribution in [0.15, 0.2) is 23.1 Å². The van der Waals surface area contributed by atoms with Crippen molar-refractivity contribution in [1.29, 1.82) is 0 Å². The van der Waals surface area contributed by atoms with Crippen molar-refractivity contribution in [2.45, 2.75) is 18.7 Å². The van der Waals surface area contributed by atoms with Gasteiger partial charge in [0.1, 0.15) is 0 Å². The Morgan fingerprint density at radius 3 is 2.00 bits per heavy atom. The number of hydrogen-bond donors (Lipinski definition) is 1. The SMILES string of the molecule is Cc1ccc(NC(=O)CSc2c(F)c(F)c(F)c(F)c2F)cc1C. The molecule has 2 rings (SSSR count). The molecule has 0 spiro atoms. The summed E-state index contributed by atoms with van der Waals surface area (Å²) in [6.45, 7) is 3.73. The molecule has 0 bridgehead atoms. The number of carbonyl (C=O) groups excluding carboxylic acids is 1. The molecule has 0 aliphatic heterocycles. The van der Waals surface area contributed by atoms with Crippen molar-refractivity contribution >= 4 is 23.4 Å². The summed E-state index contributed by atoms with van der Waals surface area (Å²) in [5, 5.41) is 2.49. The lowest BCUT2D eigenvalue weighted by molar-refractivity contribution is -0.113. The highest BCUT2D eigenvalue weighted by Crippen LogP contribution is 2.30. The number of nitrogens with one attached hydrogen (secondary N) is 1. The fourth-order valence-electron chi connectivity index (χ4n) is 1.87. The van der Waals surface area contributed by atoms with E-state index >= 15 is 0 Å². The number of rotatable bonds is 4. The Hall–Kier alpha value is -2.09. The van der Waals surface area contributed by atoms with Crippen LogP contribution in [0.3, 0.4) is 0 Å². The van der Waals surface area contributed by atoms with Gasteiger partial charge in [-0.2, -0.15) is 0 Å². The maximum atomic E-state index is 13.5. The second-order valence-corrected chi connectivity index (χ2v) is 6.02. The molecule has 1 N–H and O–H groups in total. The lowest BCUT2D eigenvalue weighted by Gasteiger charge is -2.09. The van der Waals surface area contributed by atoms with E-state index in [1.54, 1.807) is 18.2 Å². The van der Waals surface area contributed by atoms with Gasteiger partial charge in [-0.05, 0) is 37.1 Å². The molecule has 24 heavy (non-hydrogen) atoms. The minimum absolute atomic E-state index is 0.237. The monoisotopic (exact) mass is 361 g/mol. The summed E-state index contributed by atoms with van der Waals surface area (Å²) in [6.07, 6.45) is 0. The Bertz CT molecular complexity index is 781. The average molecular weight is 361 g/mol. The first-order chi connectivity index (χ1) is 11.2. The van der Waals surface area contributed by atoms with E-state index in [0.717, 1.165) is 11.1 Å². The molecular weight excluding hydrogens is 349 g/mol. The van der Waals surface area contributed by atoms with Crippen LogP contribution in [-0.4, -0.2) is 11.7 Å². The summed E-state index contributed by atoms with van der Waals surface area (Å²) in [5.41, 5.74) is 2.42. The van der Waals surface area contributed by atoms with Crippen LogP contribution in [0.1, 0.15) is 11.1 Å². The Morgan fingerprint density at radius 2 is 1.46 bits per heavy atom. The van der Waals surface area contributed by atoms with Gasteiger partial charge < -0.3 is 5.32 Å². The maximum absolute atomic E-state index is 13.5. The standard InChI is InChI=1S/C16H12F5NOS/c1-7-3-4-9(5-8(7)2)22-10(23)6-24-16-14(20)12(18)11(17)13(19)15(16)21/h3-5H,6H2,1-2H3,(H,22,23). The normalized spacial score (nSPS) is 10.8. The van der Waals surface area contributed by atoms with Crippen molar-refractivity contribution < 1.29 is 26.7 Å². The van der Waals surface area contributed by atoms with Gasteiger partial charge in [-0.1, -0.05) is 6.07 Å². The van der Waals surface area contributed by atoms with Gasteiger partial charge in [-0.15, -0.1) is 11.8 Å². The largest absolute Gasteiger partial charge is 0.325 e. The van der Waals surface area contributed by atoms with Crippen LogP contribution in [0.25, 0.3) is 0 Å². The van der Waals surface area contributed by atoms with Gasteiger partial charge in [0.25, 0.3) is 0 Å². The number of aryl methyl sites for hydroxylation is 2. The van der Waals surface area contributed by atoms with E-state index in [1.807, 2.05) is 13.8 Å². The molecule has 0 aliphatic rings. The van der Waals surface area contributed by atoms with Crippen molar-refractivity contribution in [2.24, 2.45) is 0 Å². The second kappa shape index (κ2) is 7.21. The highest BCUT2D eigenvalue weighted by molar-refractivity contribution is 8.00. The molecule has 1 amide bonds. The summed E-state index contributed by atoms with van der Waals surface area (Å²) in [5.74, 6) is -11.3. The molecule has 0 aliphatic carbocycles. The van der Waals surface area contributed by atoms with Crippen molar-refractivity contribution in [3.63, 3.8) is 0 Å². The predicted octanol–water partition coefficient (Wildman–Crippen LogP) is 4.73. The van der Waals surface area contributed by atoms with Crippen LogP contribution in [0.5, 0.6) is 0 Å². The Labute approximate surface area is 139 Å². The molecule has 2 nitrogen and oxygen atoms in total. The van der Waals surface area contributed by atoms with Gasteiger partial charge in [-0.25, -0.2) is 22.0 Å². The molecule has 8 heteroatoms. The Balaban J connectivity index is 2.11. The number of hydrogen-bond acceptors (Lipinski definition) is 2. The Kier molecular flexibility index (Phi) is 5.48. The number of anilines is 1. The van der Waals surface area contributed by atoms with Gasteiger partial charge >= 0.3 is 0 Å². The van der Waals surface area contributed by atoms with Crippen molar-refractivity contribution in [3.05, 3.63) is 58.4 Å². The van der Waals surface area contributed by atoms with Crippen LogP contribution in [0.2, 0.25) is 0 Å². The zero-order valence-corrected chi connectivity index (χ0v) is 13.5. The number of carbonyl (C=O) groups is 1. The third-order valence-corrected chi connectivity index (χ3v) is 4.36. The van der Waals surface area contributed by atoms with Crippen LogP contribution in [0.4, 0.5) is 27.6 Å². The number of benzene rings is 2. The third kappa shape index (κ3) is 3.69. The summed E-state index contributed by atoms with van der Waals surface area (Å²) in [7, 11) is 0. The third-order valence-electron chi connectivity index (χ3n) is 3.31. The number of amides is 1. The van der Waals surface area contributed by atoms with Crippen LogP contribution < -0.4 is 5.32 Å². The highest BCUT2D eigenvalue weighted by atomic mass is 32.2. The van der Waals surface area contributed by atoms with Gasteiger partial charge in [0.05, 0.1) is 10.6 Å². The topological polar surface area (TPSA) is 29.1 Å². The molecule has 2 aromatic rings. The van der Waals surface area contributed by atoms with Gasteiger partial charge in [-0.3, -0.25) is 4.79 Å². The molecule has 0 unspecified atom stereocenters. The van der Waals surface area contributed by atoms with E-state index in [4.69, 9.17) is 0 Å². The van der Waals surface area contributed by atoms with Gasteiger partial charge in [0.15, 0.2) is 23.3 Å². The van der Waals surface area contributed by atoms with Gasteiger partial charge in [0.2, 0.25) is 11.7 Å². The summed E-state index contributed by atoms with van der Waals surface area (Å²) >= 11 is 0.237. The van der Waals surface area contributed by atoms with E-state index in [0.29, 0.717) is 5.69 Å². The fraction of sp³-hybridized carbons (Fsp3) is 0.188. The molecule has 0 heterocycles. The fourth-order valence-corrected chi connectivity index (χ4v) is 2.65. The zero-order chi connectivity index (χ0) is 18.0. The quantitative estimate of drug-likeness (QED) is 0.369. The number of halogens is 5. The maximum Gasteiger partial charge on any atom is 0.234 e. The molecule has 0 aromatic heterocycles.